The third kappa shape index (κ3) is 1.61. The second-order valence-corrected chi connectivity index (χ2v) is 6.28. The summed E-state index contributed by atoms with van der Waals surface area (Å²) in [5.41, 5.74) is 3.84. The van der Waals surface area contributed by atoms with Crippen LogP contribution in [0.15, 0.2) is 36.7 Å². The van der Waals surface area contributed by atoms with Crippen LogP contribution in [0.25, 0.3) is 0 Å². The number of pyridine rings is 2. The SMILES string of the molecule is CCOC(=O)C1(C)CC2c3cccnc3C1c1ncccc12. The lowest BCUT2D eigenvalue weighted by atomic mass is 9.55. The zero-order valence-electron chi connectivity index (χ0n) is 12.7. The van der Waals surface area contributed by atoms with Gasteiger partial charge in [-0.15, -0.1) is 0 Å². The van der Waals surface area contributed by atoms with Crippen LogP contribution in [0.2, 0.25) is 0 Å². The van der Waals surface area contributed by atoms with Crippen LogP contribution in [-0.4, -0.2) is 22.5 Å². The van der Waals surface area contributed by atoms with Gasteiger partial charge >= 0.3 is 5.97 Å². The van der Waals surface area contributed by atoms with Crippen molar-refractivity contribution in [2.75, 3.05) is 6.61 Å². The van der Waals surface area contributed by atoms with Crippen LogP contribution in [0, 0.1) is 5.41 Å². The van der Waals surface area contributed by atoms with Gasteiger partial charge in [-0.05, 0) is 43.5 Å². The van der Waals surface area contributed by atoms with E-state index in [1.54, 1.807) is 12.4 Å². The number of hydrogen-bond acceptors (Lipinski definition) is 4. The summed E-state index contributed by atoms with van der Waals surface area (Å²) in [6.07, 6.45) is 4.36. The normalized spacial score (nSPS) is 27.9. The van der Waals surface area contributed by atoms with Crippen LogP contribution < -0.4 is 0 Å². The van der Waals surface area contributed by atoms with E-state index in [1.807, 2.05) is 26.0 Å². The van der Waals surface area contributed by atoms with Crippen LogP contribution in [0.3, 0.4) is 0 Å². The molecule has 0 aliphatic heterocycles. The largest absolute Gasteiger partial charge is 0.466 e. The van der Waals surface area contributed by atoms with Crippen LogP contribution in [0.5, 0.6) is 0 Å². The molecule has 2 heterocycles. The molecule has 4 heteroatoms. The number of carbonyl (C=O) groups excluding carboxylic acids is 1. The van der Waals surface area contributed by atoms with Crippen LogP contribution in [0.1, 0.15) is 54.6 Å². The third-order valence-corrected chi connectivity index (χ3v) is 5.05. The van der Waals surface area contributed by atoms with Crippen molar-refractivity contribution in [1.82, 2.24) is 9.97 Å². The van der Waals surface area contributed by atoms with Gasteiger partial charge in [-0.25, -0.2) is 0 Å². The highest BCUT2D eigenvalue weighted by molar-refractivity contribution is 5.81. The number of ether oxygens (including phenoxy) is 1. The minimum absolute atomic E-state index is 0.121. The van der Waals surface area contributed by atoms with Gasteiger partial charge in [0.2, 0.25) is 0 Å². The Kier molecular flexibility index (Phi) is 2.83. The molecule has 0 radical (unpaired) electrons. The van der Waals surface area contributed by atoms with Crippen LogP contribution in [0.4, 0.5) is 0 Å². The molecule has 0 aromatic carbocycles. The first kappa shape index (κ1) is 13.4. The van der Waals surface area contributed by atoms with Gasteiger partial charge in [0, 0.05) is 18.3 Å². The zero-order chi connectivity index (χ0) is 15.3. The van der Waals surface area contributed by atoms with E-state index in [1.165, 1.54) is 11.1 Å². The fourth-order valence-corrected chi connectivity index (χ4v) is 4.09. The fourth-order valence-electron chi connectivity index (χ4n) is 4.09. The van der Waals surface area contributed by atoms with E-state index in [2.05, 4.69) is 22.1 Å². The molecule has 3 aliphatic rings. The van der Waals surface area contributed by atoms with Crippen molar-refractivity contribution in [1.29, 1.82) is 0 Å². The first-order chi connectivity index (χ1) is 10.7. The van der Waals surface area contributed by atoms with Crippen molar-refractivity contribution in [2.24, 2.45) is 5.41 Å². The van der Waals surface area contributed by atoms with E-state index in [-0.39, 0.29) is 17.8 Å². The Hall–Kier alpha value is -2.23. The van der Waals surface area contributed by atoms with Crippen molar-refractivity contribution in [2.45, 2.75) is 32.1 Å². The van der Waals surface area contributed by atoms with Crippen molar-refractivity contribution in [3.8, 4) is 0 Å². The topological polar surface area (TPSA) is 52.1 Å². The number of esters is 1. The quantitative estimate of drug-likeness (QED) is 0.799. The summed E-state index contributed by atoms with van der Waals surface area (Å²) in [4.78, 5) is 21.8. The summed E-state index contributed by atoms with van der Waals surface area (Å²) in [5, 5.41) is 0. The maximum Gasteiger partial charge on any atom is 0.312 e. The zero-order valence-corrected chi connectivity index (χ0v) is 12.7. The lowest BCUT2D eigenvalue weighted by molar-refractivity contribution is -0.157. The van der Waals surface area contributed by atoms with E-state index in [0.717, 1.165) is 17.8 Å². The van der Waals surface area contributed by atoms with Crippen molar-refractivity contribution in [3.63, 3.8) is 0 Å². The number of fused-ring (bicyclic) bond motifs is 1. The number of rotatable bonds is 2. The second kappa shape index (κ2) is 4.63. The lowest BCUT2D eigenvalue weighted by Crippen LogP contribution is -2.46. The van der Waals surface area contributed by atoms with E-state index in [0.29, 0.717) is 6.61 Å². The second-order valence-electron chi connectivity index (χ2n) is 6.28. The first-order valence-corrected chi connectivity index (χ1v) is 7.73. The first-order valence-electron chi connectivity index (χ1n) is 7.73. The summed E-state index contributed by atoms with van der Waals surface area (Å²) in [6, 6.07) is 8.19. The van der Waals surface area contributed by atoms with Gasteiger partial charge in [-0.1, -0.05) is 12.1 Å². The molecule has 22 heavy (non-hydrogen) atoms. The lowest BCUT2D eigenvalue weighted by Gasteiger charge is -2.48. The maximum atomic E-state index is 12.7. The van der Waals surface area contributed by atoms with Crippen LogP contribution >= 0.6 is 0 Å². The molecule has 4 nitrogen and oxygen atoms in total. The summed E-state index contributed by atoms with van der Waals surface area (Å²) in [7, 11) is 0. The summed E-state index contributed by atoms with van der Waals surface area (Å²) < 4.78 is 5.37. The predicted octanol–water partition coefficient (Wildman–Crippen LogP) is 3.03. The van der Waals surface area contributed by atoms with E-state index < -0.39 is 5.41 Å². The van der Waals surface area contributed by atoms with Gasteiger partial charge in [0.15, 0.2) is 0 Å². The van der Waals surface area contributed by atoms with Gasteiger partial charge in [-0.3, -0.25) is 14.8 Å². The van der Waals surface area contributed by atoms with Crippen molar-refractivity contribution < 1.29 is 9.53 Å². The molecule has 0 fully saturated rings. The van der Waals surface area contributed by atoms with E-state index in [4.69, 9.17) is 4.74 Å². The number of carbonyl (C=O) groups is 1. The Morgan fingerprint density at radius 1 is 1.23 bits per heavy atom. The summed E-state index contributed by atoms with van der Waals surface area (Å²) >= 11 is 0. The molecule has 0 spiro atoms. The minimum Gasteiger partial charge on any atom is -0.466 e. The highest BCUT2D eigenvalue weighted by atomic mass is 16.5. The standard InChI is InChI=1S/C18H18N2O2/c1-3-22-17(21)18(2)10-13-11-6-4-8-19-15(11)14(18)16-12(13)7-5-9-20-16/h4-9,13-14H,3,10H2,1-2H3. The van der Waals surface area contributed by atoms with Gasteiger partial charge in [0.1, 0.15) is 0 Å². The Morgan fingerprint density at radius 3 is 2.36 bits per heavy atom. The minimum atomic E-state index is -0.594. The molecule has 0 saturated carbocycles. The molecule has 0 amide bonds. The molecule has 1 atom stereocenters. The Balaban J connectivity index is 1.95. The molecule has 2 aromatic heterocycles. The fraction of sp³-hybridized carbons (Fsp3) is 0.389. The molecule has 1 unspecified atom stereocenters. The molecule has 2 bridgehead atoms. The number of aromatic nitrogens is 2. The summed E-state index contributed by atoms with van der Waals surface area (Å²) in [6.45, 7) is 4.24. The molecule has 0 N–H and O–H groups in total. The number of hydrogen-bond donors (Lipinski definition) is 0. The van der Waals surface area contributed by atoms with Crippen molar-refractivity contribution >= 4 is 5.97 Å². The molecule has 112 valence electrons. The van der Waals surface area contributed by atoms with Crippen LogP contribution in [-0.2, 0) is 9.53 Å². The molecular weight excluding hydrogens is 276 g/mol. The van der Waals surface area contributed by atoms with Crippen molar-refractivity contribution in [3.05, 3.63) is 59.2 Å². The van der Waals surface area contributed by atoms with E-state index in [9.17, 15) is 4.79 Å². The highest BCUT2D eigenvalue weighted by Gasteiger charge is 2.56. The maximum absolute atomic E-state index is 12.7. The van der Waals surface area contributed by atoms with Gasteiger partial charge in [0.25, 0.3) is 0 Å². The highest BCUT2D eigenvalue weighted by Crippen LogP contribution is 2.60. The average molecular weight is 294 g/mol. The molecule has 5 rings (SSSR count). The molecule has 2 aromatic rings. The Bertz CT molecular complexity index is 711. The average Bonchev–Trinajstić information content (AvgIpc) is 2.55. The van der Waals surface area contributed by atoms with Gasteiger partial charge in [-0.2, -0.15) is 0 Å². The molecular formula is C18H18N2O2. The Morgan fingerprint density at radius 2 is 1.82 bits per heavy atom. The van der Waals surface area contributed by atoms with E-state index >= 15 is 0 Å². The summed E-state index contributed by atoms with van der Waals surface area (Å²) in [5.74, 6) is -0.0895. The smallest absolute Gasteiger partial charge is 0.312 e. The predicted molar refractivity (Wildman–Crippen MR) is 81.5 cm³/mol. The number of nitrogens with zero attached hydrogens (tertiary/aromatic N) is 2. The Labute approximate surface area is 129 Å². The monoisotopic (exact) mass is 294 g/mol. The van der Waals surface area contributed by atoms with Gasteiger partial charge < -0.3 is 4.74 Å². The third-order valence-electron chi connectivity index (χ3n) is 5.05. The van der Waals surface area contributed by atoms with Gasteiger partial charge in [0.05, 0.1) is 29.3 Å². The molecule has 3 aliphatic carbocycles. The molecule has 0 saturated heterocycles.